The number of rotatable bonds is 0. The Balaban J connectivity index is -0.0000000999. The molecule has 0 saturated carbocycles. The van der Waals surface area contributed by atoms with E-state index in [9.17, 15) is 9.13 Å². The molecular formula is C21H35F3O6P2. The maximum Gasteiger partial charge on any atom is 0.322 e. The van der Waals surface area contributed by atoms with Crippen molar-refractivity contribution in [2.45, 2.75) is 20.8 Å². The van der Waals surface area contributed by atoms with Crippen molar-refractivity contribution in [3.63, 3.8) is 0 Å². The van der Waals surface area contributed by atoms with Gasteiger partial charge >= 0.3 is 15.2 Å². The molecule has 0 aliphatic heterocycles. The van der Waals surface area contributed by atoms with Gasteiger partial charge in [0.1, 0.15) is 0 Å². The summed E-state index contributed by atoms with van der Waals surface area (Å²) in [5.74, 6) is 0. The van der Waals surface area contributed by atoms with Gasteiger partial charge in [0.05, 0.1) is 0 Å². The van der Waals surface area contributed by atoms with Crippen LogP contribution in [0, 0.1) is 6.92 Å². The van der Waals surface area contributed by atoms with Gasteiger partial charge in [-0.1, -0.05) is 98.3 Å². The van der Waals surface area contributed by atoms with Gasteiger partial charge in [0.25, 0.3) is 0 Å². The Morgan fingerprint density at radius 3 is 0.875 bits per heavy atom. The topological polar surface area (TPSA) is 115 Å². The van der Waals surface area contributed by atoms with E-state index in [0.29, 0.717) is 0 Å². The molecule has 0 radical (unpaired) electrons. The summed E-state index contributed by atoms with van der Waals surface area (Å²) in [5.41, 5.74) is 1.32. The van der Waals surface area contributed by atoms with Gasteiger partial charge in [-0.3, -0.25) is 23.2 Å². The molecule has 0 heterocycles. The van der Waals surface area contributed by atoms with E-state index in [0.717, 1.165) is 13.3 Å². The summed E-state index contributed by atoms with van der Waals surface area (Å²) < 4.78 is 18.7. The molecule has 0 unspecified atom stereocenters. The van der Waals surface area contributed by atoms with Crippen molar-refractivity contribution in [2.24, 2.45) is 0 Å². The minimum absolute atomic E-state index is 0. The fourth-order valence-electron chi connectivity index (χ4n) is 1.67. The first-order valence-corrected chi connectivity index (χ1v) is 13.0. The molecule has 6 nitrogen and oxygen atoms in total. The molecule has 0 aromatic heterocycles. The maximum absolute atomic E-state index is 9.33. The summed E-state index contributed by atoms with van der Waals surface area (Å²) in [7, 11) is -7.28. The second-order valence-corrected chi connectivity index (χ2v) is 9.01. The number of aryl methyl sites for hydroxylation is 1. The highest BCUT2D eigenvalue weighted by Crippen LogP contribution is 2.27. The Morgan fingerprint density at radius 2 is 0.719 bits per heavy atom. The summed E-state index contributed by atoms with van der Waals surface area (Å²) in [6.07, 6.45) is 0. The summed E-state index contributed by atoms with van der Waals surface area (Å²) in [6.45, 7) is 7.79. The van der Waals surface area contributed by atoms with Crippen LogP contribution >= 0.6 is 15.2 Å². The summed E-state index contributed by atoms with van der Waals surface area (Å²) in [6, 6.07) is 27.0. The zero-order valence-electron chi connectivity index (χ0n) is 18.7. The van der Waals surface area contributed by atoms with E-state index in [1.807, 2.05) is 32.0 Å². The molecule has 0 aliphatic carbocycles. The average Bonchev–Trinajstić information content (AvgIpc) is 2.62. The number of hydrogen-bond donors (Lipinski definition) is 4. The van der Waals surface area contributed by atoms with Crippen LogP contribution in [0.1, 0.15) is 19.4 Å². The van der Waals surface area contributed by atoms with Crippen LogP contribution in [-0.2, 0) is 9.13 Å². The average molecular weight is 502 g/mol. The van der Waals surface area contributed by atoms with Gasteiger partial charge in [0, 0.05) is 13.3 Å². The first-order valence-electron chi connectivity index (χ1n) is 8.87. The fourth-order valence-corrected chi connectivity index (χ4v) is 1.67. The van der Waals surface area contributed by atoms with Gasteiger partial charge in [0.15, 0.2) is 0 Å². The van der Waals surface area contributed by atoms with E-state index in [1.165, 1.54) is 16.3 Å². The van der Waals surface area contributed by atoms with Crippen LogP contribution in [-0.4, -0.2) is 32.9 Å². The molecule has 3 aromatic carbocycles. The molecule has 186 valence electrons. The smallest absolute Gasteiger partial charge is 0.322 e. The Morgan fingerprint density at radius 1 is 0.531 bits per heavy atom. The van der Waals surface area contributed by atoms with Gasteiger partial charge in [-0.15, -0.1) is 0 Å². The van der Waals surface area contributed by atoms with Crippen LogP contribution in [0.4, 0.5) is 14.1 Å². The molecule has 0 bridgehead atoms. The number of benzene rings is 3. The lowest BCUT2D eigenvalue weighted by atomic mass is 10.1. The minimum atomic E-state index is -3.64. The van der Waals surface area contributed by atoms with Crippen LogP contribution < -0.4 is 0 Å². The summed E-state index contributed by atoms with van der Waals surface area (Å²) in [4.78, 5) is 30.5. The monoisotopic (exact) mass is 502 g/mol. The predicted octanol–water partition coefficient (Wildman–Crippen LogP) is 5.91. The molecule has 32 heavy (non-hydrogen) atoms. The standard InChI is InChI=1S/C10H8.C7H8.C2H6.2CH5O3P.3FH/c1-2-6-10-8-4-3-7-9(10)5-1;1-7-5-3-2-4-6-7;1-2;2*1-5(2,3)4;;;/h1-8H;2-6H,1H3;1-2H3;2*1H3,(H2,2,3,4);3*1H. The summed E-state index contributed by atoms with van der Waals surface area (Å²) in [5, 5.41) is 2.62. The normalized spacial score (nSPS) is 8.91. The Hall–Kier alpha value is -1.99. The Labute approximate surface area is 187 Å². The molecule has 0 atom stereocenters. The van der Waals surface area contributed by atoms with E-state index < -0.39 is 15.2 Å². The van der Waals surface area contributed by atoms with E-state index in [4.69, 9.17) is 19.6 Å². The molecule has 0 aliphatic rings. The highest BCUT2D eigenvalue weighted by molar-refractivity contribution is 7.51. The van der Waals surface area contributed by atoms with E-state index in [1.54, 1.807) is 0 Å². The zero-order chi connectivity index (χ0) is 22.9. The van der Waals surface area contributed by atoms with Crippen LogP contribution in [0.15, 0.2) is 78.9 Å². The van der Waals surface area contributed by atoms with Crippen molar-refractivity contribution < 1.29 is 42.8 Å². The molecular weight excluding hydrogens is 467 g/mol. The lowest BCUT2D eigenvalue weighted by Gasteiger charge is -1.92. The third-order valence-electron chi connectivity index (χ3n) is 2.60. The van der Waals surface area contributed by atoms with Crippen LogP contribution in [0.3, 0.4) is 0 Å². The molecule has 0 amide bonds. The van der Waals surface area contributed by atoms with Crippen molar-refractivity contribution >= 4 is 26.0 Å². The first kappa shape index (κ1) is 40.4. The van der Waals surface area contributed by atoms with Gasteiger partial charge in [-0.05, 0) is 17.7 Å². The first-order chi connectivity index (χ1) is 13.4. The summed E-state index contributed by atoms with van der Waals surface area (Å²) >= 11 is 0. The van der Waals surface area contributed by atoms with Crippen molar-refractivity contribution in [2.75, 3.05) is 13.3 Å². The van der Waals surface area contributed by atoms with Crippen molar-refractivity contribution in [1.82, 2.24) is 0 Å². The lowest BCUT2D eigenvalue weighted by Crippen LogP contribution is -1.67. The number of halogens is 3. The maximum atomic E-state index is 9.33. The zero-order valence-corrected chi connectivity index (χ0v) is 20.5. The number of hydrogen-bond acceptors (Lipinski definition) is 2. The Kier molecular flexibility index (Phi) is 28.0. The SMILES string of the molecule is CC.CP(=O)(O)O.CP(=O)(O)O.Cc1ccccc1.F.F.F.c1ccc2ccccc2c1. The fraction of sp³-hybridized carbons (Fsp3) is 0.238. The molecule has 0 spiro atoms. The van der Waals surface area contributed by atoms with Crippen molar-refractivity contribution in [3.8, 4) is 0 Å². The van der Waals surface area contributed by atoms with Gasteiger partial charge in [-0.2, -0.15) is 0 Å². The van der Waals surface area contributed by atoms with Gasteiger partial charge in [0.2, 0.25) is 0 Å². The van der Waals surface area contributed by atoms with Gasteiger partial charge < -0.3 is 19.6 Å². The van der Waals surface area contributed by atoms with Crippen molar-refractivity contribution in [3.05, 3.63) is 84.4 Å². The molecule has 0 fully saturated rings. The van der Waals surface area contributed by atoms with Crippen molar-refractivity contribution in [1.29, 1.82) is 0 Å². The predicted molar refractivity (Wildman–Crippen MR) is 130 cm³/mol. The quantitative estimate of drug-likeness (QED) is 0.284. The van der Waals surface area contributed by atoms with Crippen LogP contribution in [0.25, 0.3) is 10.8 Å². The second-order valence-electron chi connectivity index (χ2n) is 5.67. The highest BCUT2D eigenvalue weighted by atomic mass is 31.2. The molecule has 3 rings (SSSR count). The molecule has 0 saturated heterocycles. The number of fused-ring (bicyclic) bond motifs is 1. The van der Waals surface area contributed by atoms with Crippen LogP contribution in [0.2, 0.25) is 0 Å². The largest absolute Gasteiger partial charge is 0.325 e. The lowest BCUT2D eigenvalue weighted by molar-refractivity contribution is 0.379. The van der Waals surface area contributed by atoms with Crippen LogP contribution in [0.5, 0.6) is 0 Å². The van der Waals surface area contributed by atoms with E-state index in [2.05, 4.69) is 67.6 Å². The third-order valence-corrected chi connectivity index (χ3v) is 2.60. The molecule has 11 heteroatoms. The minimum Gasteiger partial charge on any atom is -0.325 e. The molecule has 4 N–H and O–H groups in total. The second kappa shape index (κ2) is 22.2. The highest BCUT2D eigenvalue weighted by Gasteiger charge is 1.96. The Bertz CT molecular complexity index is 785. The van der Waals surface area contributed by atoms with Gasteiger partial charge in [-0.25, -0.2) is 0 Å². The van der Waals surface area contributed by atoms with E-state index in [-0.39, 0.29) is 14.1 Å². The third kappa shape index (κ3) is 35.4. The molecule has 3 aromatic rings. The van der Waals surface area contributed by atoms with E-state index >= 15 is 0 Å².